The number of halogens is 1. The third kappa shape index (κ3) is 6.83. The van der Waals surface area contributed by atoms with E-state index < -0.39 is 0 Å². The molecule has 3 rings (SSSR count). The van der Waals surface area contributed by atoms with Crippen molar-refractivity contribution in [2.24, 2.45) is 10.4 Å². The molecule has 1 aliphatic carbocycles. The lowest BCUT2D eigenvalue weighted by Crippen LogP contribution is -2.45. The van der Waals surface area contributed by atoms with Gasteiger partial charge in [-0.15, -0.1) is 24.0 Å². The maximum absolute atomic E-state index is 12.7. The lowest BCUT2D eigenvalue weighted by Gasteiger charge is -2.37. The lowest BCUT2D eigenvalue weighted by molar-refractivity contribution is -0.130. The standard InChI is InChI=1S/C23H36N4O2.HI/c1-2-24-22(26-18-23(13-15-28)11-6-3-7-12-23)25-16-21(29)27-14-10-19-8-4-5-9-20(19)17-27;/h4-5,8-9,28H,2-3,6-7,10-18H2,1H3,(H2,24,25,26);1H. The summed E-state index contributed by atoms with van der Waals surface area (Å²) in [7, 11) is 0. The number of hydrogen-bond donors (Lipinski definition) is 3. The molecule has 0 unspecified atom stereocenters. The average molecular weight is 528 g/mol. The Hall–Kier alpha value is -1.35. The van der Waals surface area contributed by atoms with Gasteiger partial charge in [0.1, 0.15) is 6.54 Å². The molecule has 3 N–H and O–H groups in total. The number of carbonyl (C=O) groups is 1. The van der Waals surface area contributed by atoms with Gasteiger partial charge < -0.3 is 20.6 Å². The van der Waals surface area contributed by atoms with Crippen LogP contribution in [0.25, 0.3) is 0 Å². The molecule has 6 nitrogen and oxygen atoms in total. The van der Waals surface area contributed by atoms with E-state index in [-0.39, 0.29) is 48.5 Å². The summed E-state index contributed by atoms with van der Waals surface area (Å²) in [6, 6.07) is 8.35. The SMILES string of the molecule is CCNC(=NCC(=O)N1CCc2ccccc2C1)NCC1(CCO)CCCCC1.I. The molecular weight excluding hydrogens is 491 g/mol. The van der Waals surface area contributed by atoms with Gasteiger partial charge in [-0.25, -0.2) is 4.99 Å². The van der Waals surface area contributed by atoms with Crippen LogP contribution in [-0.4, -0.2) is 54.7 Å². The number of carbonyl (C=O) groups excluding carboxylic acids is 1. The van der Waals surface area contributed by atoms with E-state index in [0.717, 1.165) is 45.3 Å². The summed E-state index contributed by atoms with van der Waals surface area (Å²) < 4.78 is 0. The number of amides is 1. The number of nitrogens with one attached hydrogen (secondary N) is 2. The number of guanidine groups is 1. The van der Waals surface area contributed by atoms with E-state index >= 15 is 0 Å². The van der Waals surface area contributed by atoms with Gasteiger partial charge in [0.15, 0.2) is 5.96 Å². The van der Waals surface area contributed by atoms with E-state index in [0.29, 0.717) is 12.5 Å². The molecule has 1 aromatic carbocycles. The fourth-order valence-electron chi connectivity index (χ4n) is 4.62. The lowest BCUT2D eigenvalue weighted by atomic mass is 9.72. The molecule has 0 spiro atoms. The fraction of sp³-hybridized carbons (Fsp3) is 0.652. The maximum Gasteiger partial charge on any atom is 0.244 e. The molecule has 0 aromatic heterocycles. The van der Waals surface area contributed by atoms with E-state index in [4.69, 9.17) is 0 Å². The summed E-state index contributed by atoms with van der Waals surface area (Å²) in [4.78, 5) is 19.2. The topological polar surface area (TPSA) is 77.0 Å². The van der Waals surface area contributed by atoms with Crippen molar-refractivity contribution in [2.75, 3.05) is 32.8 Å². The van der Waals surface area contributed by atoms with Crippen molar-refractivity contribution in [3.8, 4) is 0 Å². The Morgan fingerprint density at radius 1 is 1.17 bits per heavy atom. The van der Waals surface area contributed by atoms with Gasteiger partial charge in [-0.05, 0) is 49.1 Å². The number of benzene rings is 1. The highest BCUT2D eigenvalue weighted by Gasteiger charge is 2.31. The van der Waals surface area contributed by atoms with Crippen molar-refractivity contribution in [2.45, 2.75) is 58.4 Å². The van der Waals surface area contributed by atoms with Crippen molar-refractivity contribution in [3.05, 3.63) is 35.4 Å². The first-order chi connectivity index (χ1) is 14.2. The van der Waals surface area contributed by atoms with Gasteiger partial charge in [0.05, 0.1) is 0 Å². The summed E-state index contributed by atoms with van der Waals surface area (Å²) in [5.74, 6) is 0.764. The van der Waals surface area contributed by atoms with Gasteiger partial charge in [0.2, 0.25) is 5.91 Å². The molecule has 1 amide bonds. The van der Waals surface area contributed by atoms with Gasteiger partial charge in [-0.1, -0.05) is 43.5 Å². The van der Waals surface area contributed by atoms with Crippen molar-refractivity contribution >= 4 is 35.8 Å². The van der Waals surface area contributed by atoms with E-state index in [1.54, 1.807) is 0 Å². The highest BCUT2D eigenvalue weighted by Crippen LogP contribution is 2.38. The quantitative estimate of drug-likeness (QED) is 0.289. The largest absolute Gasteiger partial charge is 0.396 e. The Morgan fingerprint density at radius 3 is 2.60 bits per heavy atom. The van der Waals surface area contributed by atoms with E-state index in [1.165, 1.54) is 30.4 Å². The maximum atomic E-state index is 12.7. The molecule has 1 heterocycles. The van der Waals surface area contributed by atoms with Gasteiger partial charge in [-0.2, -0.15) is 0 Å². The van der Waals surface area contributed by atoms with Crippen molar-refractivity contribution < 1.29 is 9.90 Å². The van der Waals surface area contributed by atoms with Crippen LogP contribution in [0.5, 0.6) is 0 Å². The predicted molar refractivity (Wildman–Crippen MR) is 132 cm³/mol. The molecule has 2 aliphatic rings. The fourth-order valence-corrected chi connectivity index (χ4v) is 4.62. The van der Waals surface area contributed by atoms with Crippen LogP contribution in [-0.2, 0) is 17.8 Å². The van der Waals surface area contributed by atoms with E-state index in [1.807, 2.05) is 17.9 Å². The molecule has 0 atom stereocenters. The molecular formula is C23H37IN4O2. The monoisotopic (exact) mass is 528 g/mol. The molecule has 1 fully saturated rings. The molecule has 0 saturated heterocycles. The minimum atomic E-state index is 0. The minimum absolute atomic E-state index is 0. The molecule has 1 saturated carbocycles. The second kappa shape index (κ2) is 12.5. The highest BCUT2D eigenvalue weighted by molar-refractivity contribution is 14.0. The molecule has 1 aliphatic heterocycles. The minimum Gasteiger partial charge on any atom is -0.396 e. The molecule has 0 bridgehead atoms. The summed E-state index contributed by atoms with van der Waals surface area (Å²) >= 11 is 0. The van der Waals surface area contributed by atoms with Crippen LogP contribution >= 0.6 is 24.0 Å². The normalized spacial score (nSPS) is 18.2. The molecule has 7 heteroatoms. The number of rotatable bonds is 7. The summed E-state index contributed by atoms with van der Waals surface area (Å²) in [6.45, 7) is 5.40. The first-order valence-electron chi connectivity index (χ1n) is 11.1. The summed E-state index contributed by atoms with van der Waals surface area (Å²) in [6.07, 6.45) is 7.76. The van der Waals surface area contributed by atoms with Crippen LogP contribution in [0.4, 0.5) is 0 Å². The highest BCUT2D eigenvalue weighted by atomic mass is 127. The van der Waals surface area contributed by atoms with Crippen LogP contribution in [0, 0.1) is 5.41 Å². The smallest absolute Gasteiger partial charge is 0.244 e. The first-order valence-corrected chi connectivity index (χ1v) is 11.1. The van der Waals surface area contributed by atoms with Crippen LogP contribution in [0.15, 0.2) is 29.3 Å². The number of hydrogen-bond acceptors (Lipinski definition) is 3. The first kappa shape index (κ1) is 24.9. The number of aliphatic imine (C=N–C) groups is 1. The third-order valence-electron chi connectivity index (χ3n) is 6.39. The molecule has 30 heavy (non-hydrogen) atoms. The van der Waals surface area contributed by atoms with E-state index in [2.05, 4.69) is 33.8 Å². The van der Waals surface area contributed by atoms with E-state index in [9.17, 15) is 9.90 Å². The number of aliphatic hydroxyl groups is 1. The molecule has 168 valence electrons. The van der Waals surface area contributed by atoms with Gasteiger partial charge in [0, 0.05) is 32.8 Å². The van der Waals surface area contributed by atoms with Crippen LogP contribution < -0.4 is 10.6 Å². The zero-order chi connectivity index (χ0) is 20.5. The average Bonchev–Trinajstić information content (AvgIpc) is 2.76. The summed E-state index contributed by atoms with van der Waals surface area (Å²) in [5.41, 5.74) is 2.73. The van der Waals surface area contributed by atoms with Gasteiger partial charge in [0.25, 0.3) is 0 Å². The Balaban J connectivity index is 0.00000320. The molecule has 1 aromatic rings. The Morgan fingerprint density at radius 2 is 1.90 bits per heavy atom. The zero-order valence-corrected chi connectivity index (χ0v) is 20.5. The summed E-state index contributed by atoms with van der Waals surface area (Å²) in [5, 5.41) is 16.2. The van der Waals surface area contributed by atoms with Crippen LogP contribution in [0.2, 0.25) is 0 Å². The second-order valence-electron chi connectivity index (χ2n) is 8.42. The van der Waals surface area contributed by atoms with Crippen LogP contribution in [0.3, 0.4) is 0 Å². The zero-order valence-electron chi connectivity index (χ0n) is 18.2. The molecule has 0 radical (unpaired) electrons. The second-order valence-corrected chi connectivity index (χ2v) is 8.42. The van der Waals surface area contributed by atoms with Crippen molar-refractivity contribution in [3.63, 3.8) is 0 Å². The van der Waals surface area contributed by atoms with Gasteiger partial charge in [-0.3, -0.25) is 4.79 Å². The Kier molecular flexibility index (Phi) is 10.4. The number of fused-ring (bicyclic) bond motifs is 1. The number of nitrogens with zero attached hydrogens (tertiary/aromatic N) is 2. The van der Waals surface area contributed by atoms with Crippen LogP contribution in [0.1, 0.15) is 56.6 Å². The predicted octanol–water partition coefficient (Wildman–Crippen LogP) is 3.08. The van der Waals surface area contributed by atoms with Crippen molar-refractivity contribution in [1.82, 2.24) is 15.5 Å². The van der Waals surface area contributed by atoms with Gasteiger partial charge >= 0.3 is 0 Å². The van der Waals surface area contributed by atoms with Crippen molar-refractivity contribution in [1.29, 1.82) is 0 Å². The Labute approximate surface area is 197 Å². The number of aliphatic hydroxyl groups excluding tert-OH is 1. The Bertz CT molecular complexity index is 699. The third-order valence-corrected chi connectivity index (χ3v) is 6.39.